The number of carbonyl (C=O) groups is 1. The first-order chi connectivity index (χ1) is 8.56. The molecule has 1 amide bonds. The van der Waals surface area contributed by atoms with E-state index >= 15 is 0 Å². The van der Waals surface area contributed by atoms with E-state index < -0.39 is 0 Å². The monoisotopic (exact) mass is 250 g/mol. The number of hydrogen-bond acceptors (Lipinski definition) is 4. The lowest BCUT2D eigenvalue weighted by molar-refractivity contribution is 0.0949. The van der Waals surface area contributed by atoms with Crippen molar-refractivity contribution in [3.05, 3.63) is 23.4 Å². The van der Waals surface area contributed by atoms with Gasteiger partial charge in [-0.15, -0.1) is 0 Å². The number of rotatable bonds is 6. The largest absolute Gasteiger partial charge is 0.352 e. The highest BCUT2D eigenvalue weighted by Gasteiger charge is 2.09. The van der Waals surface area contributed by atoms with Gasteiger partial charge in [0.2, 0.25) is 0 Å². The van der Waals surface area contributed by atoms with Crippen LogP contribution in [0, 0.1) is 5.92 Å². The van der Waals surface area contributed by atoms with Crippen molar-refractivity contribution < 1.29 is 4.79 Å². The zero-order valence-corrected chi connectivity index (χ0v) is 11.3. The second kappa shape index (κ2) is 6.96. The van der Waals surface area contributed by atoms with Crippen molar-refractivity contribution in [3.8, 4) is 0 Å². The van der Waals surface area contributed by atoms with Crippen LogP contribution in [0.2, 0.25) is 0 Å². The Balaban J connectivity index is 2.85. The topological polar surface area (TPSA) is 80.0 Å². The number of hydrazine groups is 1. The smallest absolute Gasteiger partial charge is 0.251 e. The van der Waals surface area contributed by atoms with E-state index in [4.69, 9.17) is 5.84 Å². The fraction of sp³-hybridized carbons (Fsp3) is 0.538. The van der Waals surface area contributed by atoms with Crippen molar-refractivity contribution in [1.82, 2.24) is 10.3 Å². The molecule has 5 heteroatoms. The molecule has 1 rings (SSSR count). The summed E-state index contributed by atoms with van der Waals surface area (Å²) >= 11 is 0. The van der Waals surface area contributed by atoms with Crippen molar-refractivity contribution in [2.75, 3.05) is 12.0 Å². The van der Waals surface area contributed by atoms with E-state index in [1.807, 2.05) is 6.07 Å². The Bertz CT molecular complexity index is 404. The molecule has 0 aromatic carbocycles. The summed E-state index contributed by atoms with van der Waals surface area (Å²) in [7, 11) is 0. The fourth-order valence-corrected chi connectivity index (χ4v) is 1.58. The number of anilines is 1. The van der Waals surface area contributed by atoms with E-state index in [9.17, 15) is 4.79 Å². The Kier molecular flexibility index (Phi) is 5.58. The van der Waals surface area contributed by atoms with Crippen molar-refractivity contribution in [1.29, 1.82) is 0 Å². The molecule has 100 valence electrons. The van der Waals surface area contributed by atoms with Crippen LogP contribution in [0.25, 0.3) is 0 Å². The molecule has 0 atom stereocenters. The standard InChI is InChI=1S/C13H22N4O/c1-4-5-11-6-10(7-12(16-11)17-14)13(18)15-8-9(2)3/h6-7,9H,4-5,8,14H2,1-3H3,(H,15,18)(H,16,17). The molecule has 4 N–H and O–H groups in total. The van der Waals surface area contributed by atoms with E-state index in [0.717, 1.165) is 18.5 Å². The molecule has 18 heavy (non-hydrogen) atoms. The highest BCUT2D eigenvalue weighted by Crippen LogP contribution is 2.11. The van der Waals surface area contributed by atoms with Crippen LogP contribution in [0.15, 0.2) is 12.1 Å². The van der Waals surface area contributed by atoms with Gasteiger partial charge in [0.15, 0.2) is 0 Å². The average Bonchev–Trinajstić information content (AvgIpc) is 2.35. The van der Waals surface area contributed by atoms with Crippen molar-refractivity contribution in [3.63, 3.8) is 0 Å². The van der Waals surface area contributed by atoms with Gasteiger partial charge in [-0.25, -0.2) is 10.8 Å². The Labute approximate surface area is 108 Å². The van der Waals surface area contributed by atoms with Crippen LogP contribution in [0.5, 0.6) is 0 Å². The third-order valence-corrected chi connectivity index (χ3v) is 2.47. The molecule has 0 saturated heterocycles. The van der Waals surface area contributed by atoms with E-state index in [1.54, 1.807) is 6.07 Å². The molecule has 0 bridgehead atoms. The number of carbonyl (C=O) groups excluding carboxylic acids is 1. The molecule has 0 fully saturated rings. The summed E-state index contributed by atoms with van der Waals surface area (Å²) < 4.78 is 0. The molecule has 0 radical (unpaired) electrons. The third-order valence-electron chi connectivity index (χ3n) is 2.47. The summed E-state index contributed by atoms with van der Waals surface area (Å²) in [6.07, 6.45) is 1.81. The van der Waals surface area contributed by atoms with Crippen molar-refractivity contribution in [2.24, 2.45) is 11.8 Å². The summed E-state index contributed by atoms with van der Waals surface area (Å²) in [5.41, 5.74) is 3.97. The average molecular weight is 250 g/mol. The number of nitrogen functional groups attached to an aromatic ring is 1. The maximum atomic E-state index is 12.0. The summed E-state index contributed by atoms with van der Waals surface area (Å²) in [5.74, 6) is 6.23. The van der Waals surface area contributed by atoms with Gasteiger partial charge < -0.3 is 10.7 Å². The first kappa shape index (κ1) is 14.4. The molecule has 1 heterocycles. The number of nitrogens with two attached hydrogens (primary N) is 1. The zero-order valence-electron chi connectivity index (χ0n) is 11.3. The van der Waals surface area contributed by atoms with Gasteiger partial charge in [-0.3, -0.25) is 4.79 Å². The van der Waals surface area contributed by atoms with Gasteiger partial charge in [0.05, 0.1) is 0 Å². The highest BCUT2D eigenvalue weighted by atomic mass is 16.1. The predicted molar refractivity (Wildman–Crippen MR) is 73.2 cm³/mol. The number of amides is 1. The summed E-state index contributed by atoms with van der Waals surface area (Å²) in [4.78, 5) is 16.3. The minimum atomic E-state index is -0.0834. The molecule has 0 spiro atoms. The Hall–Kier alpha value is -1.62. The van der Waals surface area contributed by atoms with Crippen LogP contribution in [-0.2, 0) is 6.42 Å². The molecule has 1 aromatic heterocycles. The second-order valence-electron chi connectivity index (χ2n) is 4.73. The minimum absolute atomic E-state index is 0.0834. The van der Waals surface area contributed by atoms with E-state index in [-0.39, 0.29) is 5.91 Å². The molecule has 5 nitrogen and oxygen atoms in total. The summed E-state index contributed by atoms with van der Waals surface area (Å²) in [5, 5.41) is 2.88. The SMILES string of the molecule is CCCc1cc(C(=O)NCC(C)C)cc(NN)n1. The molecular formula is C13H22N4O. The van der Waals surface area contributed by atoms with Gasteiger partial charge in [-0.05, 0) is 24.5 Å². The van der Waals surface area contributed by atoms with Gasteiger partial charge >= 0.3 is 0 Å². The van der Waals surface area contributed by atoms with Crippen LogP contribution >= 0.6 is 0 Å². The molecular weight excluding hydrogens is 228 g/mol. The van der Waals surface area contributed by atoms with E-state index in [1.165, 1.54) is 0 Å². The van der Waals surface area contributed by atoms with Crippen LogP contribution in [-0.4, -0.2) is 17.4 Å². The quantitative estimate of drug-likeness (QED) is 0.530. The first-order valence-electron chi connectivity index (χ1n) is 6.32. The second-order valence-corrected chi connectivity index (χ2v) is 4.73. The summed E-state index contributed by atoms with van der Waals surface area (Å²) in [6.45, 7) is 6.85. The van der Waals surface area contributed by atoms with Crippen molar-refractivity contribution >= 4 is 11.7 Å². The fourth-order valence-electron chi connectivity index (χ4n) is 1.58. The predicted octanol–water partition coefficient (Wildman–Crippen LogP) is 1.71. The normalized spacial score (nSPS) is 10.5. The maximum absolute atomic E-state index is 12.0. The van der Waals surface area contributed by atoms with E-state index in [2.05, 4.69) is 36.5 Å². The Morgan fingerprint density at radius 3 is 2.72 bits per heavy atom. The number of nitrogens with one attached hydrogen (secondary N) is 2. The number of aromatic nitrogens is 1. The zero-order chi connectivity index (χ0) is 13.5. The Morgan fingerprint density at radius 2 is 2.17 bits per heavy atom. The number of aryl methyl sites for hydroxylation is 1. The van der Waals surface area contributed by atoms with Crippen LogP contribution < -0.4 is 16.6 Å². The van der Waals surface area contributed by atoms with Gasteiger partial charge in [-0.1, -0.05) is 27.2 Å². The van der Waals surface area contributed by atoms with Crippen LogP contribution in [0.3, 0.4) is 0 Å². The molecule has 0 unspecified atom stereocenters. The number of pyridine rings is 1. The lowest BCUT2D eigenvalue weighted by atomic mass is 10.1. The lowest BCUT2D eigenvalue weighted by Crippen LogP contribution is -2.27. The van der Waals surface area contributed by atoms with Gasteiger partial charge in [0.25, 0.3) is 5.91 Å². The van der Waals surface area contributed by atoms with Crippen LogP contribution in [0.1, 0.15) is 43.2 Å². The number of nitrogens with zero attached hydrogens (tertiary/aromatic N) is 1. The number of hydrogen-bond donors (Lipinski definition) is 3. The highest BCUT2D eigenvalue weighted by molar-refractivity contribution is 5.95. The molecule has 0 saturated carbocycles. The minimum Gasteiger partial charge on any atom is -0.352 e. The molecule has 0 aliphatic carbocycles. The van der Waals surface area contributed by atoms with Crippen LogP contribution in [0.4, 0.5) is 5.82 Å². The van der Waals surface area contributed by atoms with Crippen molar-refractivity contribution in [2.45, 2.75) is 33.6 Å². The Morgan fingerprint density at radius 1 is 1.44 bits per heavy atom. The molecule has 1 aromatic rings. The van der Waals surface area contributed by atoms with Gasteiger partial charge in [-0.2, -0.15) is 0 Å². The first-order valence-corrected chi connectivity index (χ1v) is 6.32. The van der Waals surface area contributed by atoms with Gasteiger partial charge in [0, 0.05) is 17.8 Å². The maximum Gasteiger partial charge on any atom is 0.251 e. The summed E-state index contributed by atoms with van der Waals surface area (Å²) in [6, 6.07) is 3.48. The molecule has 0 aliphatic rings. The third kappa shape index (κ3) is 4.33. The van der Waals surface area contributed by atoms with E-state index in [0.29, 0.717) is 23.8 Å². The van der Waals surface area contributed by atoms with Gasteiger partial charge in [0.1, 0.15) is 5.82 Å². The lowest BCUT2D eigenvalue weighted by Gasteiger charge is -2.10. The molecule has 0 aliphatic heterocycles.